The first-order chi connectivity index (χ1) is 17.7. The first-order valence-electron chi connectivity index (χ1n) is 12.5. The van der Waals surface area contributed by atoms with Crippen molar-refractivity contribution < 1.29 is 18.0 Å². The summed E-state index contributed by atoms with van der Waals surface area (Å²) >= 11 is 18.4. The molecule has 0 heterocycles. The molecule has 38 heavy (non-hydrogen) atoms. The highest BCUT2D eigenvalue weighted by molar-refractivity contribution is 7.92. The van der Waals surface area contributed by atoms with Crippen LogP contribution in [0, 0.1) is 12.8 Å². The summed E-state index contributed by atoms with van der Waals surface area (Å²) in [4.78, 5) is 28.1. The van der Waals surface area contributed by atoms with Crippen molar-refractivity contribution in [3.8, 4) is 0 Å². The minimum Gasteiger partial charge on any atom is -0.354 e. The summed E-state index contributed by atoms with van der Waals surface area (Å²) in [7, 11) is -3.62. The van der Waals surface area contributed by atoms with Gasteiger partial charge in [-0.2, -0.15) is 0 Å². The van der Waals surface area contributed by atoms with Crippen molar-refractivity contribution >= 4 is 62.3 Å². The van der Waals surface area contributed by atoms with Crippen molar-refractivity contribution in [3.05, 3.63) is 62.6 Å². The number of nitrogens with zero attached hydrogens (tertiary/aromatic N) is 2. The van der Waals surface area contributed by atoms with Crippen LogP contribution in [0.25, 0.3) is 0 Å². The standard InChI is InChI=1S/C27H36Cl3N3O4S/c1-6-24(27(35)31-16-18(2)3)32(17-20-10-12-22(29)23(30)14-20)26(34)8-7-13-33(38(5,36)37)25-15-21(28)11-9-19(25)4/h9-12,14-15,18,24H,6-8,13,16-17H2,1-5H3,(H,31,35)/t24-/m1/s1. The van der Waals surface area contributed by atoms with Crippen molar-refractivity contribution in [2.75, 3.05) is 23.7 Å². The second-order valence-corrected chi connectivity index (χ2v) is 12.9. The van der Waals surface area contributed by atoms with Crippen LogP contribution in [-0.4, -0.2) is 50.5 Å². The Morgan fingerprint density at radius 3 is 2.29 bits per heavy atom. The Balaban J connectivity index is 2.27. The summed E-state index contributed by atoms with van der Waals surface area (Å²) in [5.74, 6) is -0.242. The molecule has 0 aliphatic heterocycles. The highest BCUT2D eigenvalue weighted by atomic mass is 35.5. The summed E-state index contributed by atoms with van der Waals surface area (Å²) in [5, 5.41) is 4.09. The van der Waals surface area contributed by atoms with Crippen LogP contribution in [0.1, 0.15) is 51.2 Å². The Hall–Kier alpha value is -2.00. The van der Waals surface area contributed by atoms with Gasteiger partial charge in [0.2, 0.25) is 21.8 Å². The third-order valence-electron chi connectivity index (χ3n) is 6.00. The van der Waals surface area contributed by atoms with Gasteiger partial charge in [0.05, 0.1) is 22.0 Å². The van der Waals surface area contributed by atoms with Gasteiger partial charge < -0.3 is 10.2 Å². The van der Waals surface area contributed by atoms with Gasteiger partial charge in [-0.15, -0.1) is 0 Å². The summed E-state index contributed by atoms with van der Waals surface area (Å²) < 4.78 is 26.4. The van der Waals surface area contributed by atoms with E-state index in [-0.39, 0.29) is 43.7 Å². The molecule has 0 aliphatic carbocycles. The van der Waals surface area contributed by atoms with Crippen LogP contribution in [0.15, 0.2) is 36.4 Å². The largest absolute Gasteiger partial charge is 0.354 e. The van der Waals surface area contributed by atoms with Gasteiger partial charge in [0.1, 0.15) is 6.04 Å². The number of hydrogen-bond acceptors (Lipinski definition) is 4. The lowest BCUT2D eigenvalue weighted by Crippen LogP contribution is -2.49. The monoisotopic (exact) mass is 603 g/mol. The molecule has 0 saturated heterocycles. The molecule has 0 saturated carbocycles. The molecule has 1 atom stereocenters. The molecule has 0 unspecified atom stereocenters. The summed E-state index contributed by atoms with van der Waals surface area (Å²) in [6.45, 7) is 8.38. The lowest BCUT2D eigenvalue weighted by molar-refractivity contribution is -0.141. The molecule has 2 aromatic rings. The third kappa shape index (κ3) is 9.33. The fraction of sp³-hybridized carbons (Fsp3) is 0.481. The van der Waals surface area contributed by atoms with Crippen LogP contribution in [0.2, 0.25) is 15.1 Å². The van der Waals surface area contributed by atoms with Crippen molar-refractivity contribution in [2.45, 2.75) is 59.5 Å². The van der Waals surface area contributed by atoms with Gasteiger partial charge in [-0.25, -0.2) is 8.42 Å². The average molecular weight is 605 g/mol. The first kappa shape index (κ1) is 32.2. The fourth-order valence-electron chi connectivity index (χ4n) is 4.01. The van der Waals surface area contributed by atoms with Crippen molar-refractivity contribution in [3.63, 3.8) is 0 Å². The quantitative estimate of drug-likeness (QED) is 0.300. The molecule has 7 nitrogen and oxygen atoms in total. The molecule has 0 fully saturated rings. The highest BCUT2D eigenvalue weighted by Gasteiger charge is 2.29. The predicted octanol–water partition coefficient (Wildman–Crippen LogP) is 6.08. The van der Waals surface area contributed by atoms with E-state index in [1.807, 2.05) is 20.8 Å². The molecule has 2 aromatic carbocycles. The second kappa shape index (κ2) is 14.4. The highest BCUT2D eigenvalue weighted by Crippen LogP contribution is 2.27. The zero-order chi connectivity index (χ0) is 28.6. The smallest absolute Gasteiger partial charge is 0.242 e. The molecule has 210 valence electrons. The number of benzene rings is 2. The first-order valence-corrected chi connectivity index (χ1v) is 15.5. The Kier molecular flexibility index (Phi) is 12.2. The minimum atomic E-state index is -3.62. The Morgan fingerprint density at radius 1 is 1.03 bits per heavy atom. The lowest BCUT2D eigenvalue weighted by Gasteiger charge is -2.31. The molecular weight excluding hydrogens is 569 g/mol. The van der Waals surface area contributed by atoms with E-state index in [0.29, 0.717) is 33.7 Å². The number of aryl methyl sites for hydroxylation is 1. The topological polar surface area (TPSA) is 86.8 Å². The zero-order valence-corrected chi connectivity index (χ0v) is 25.5. The maximum absolute atomic E-state index is 13.5. The van der Waals surface area contributed by atoms with Gasteiger partial charge >= 0.3 is 0 Å². The summed E-state index contributed by atoms with van der Waals surface area (Å²) in [6, 6.07) is 9.44. The number of carbonyl (C=O) groups excluding carboxylic acids is 2. The molecule has 0 radical (unpaired) electrons. The van der Waals surface area contributed by atoms with Crippen LogP contribution in [0.4, 0.5) is 5.69 Å². The van der Waals surface area contributed by atoms with E-state index in [0.717, 1.165) is 17.4 Å². The predicted molar refractivity (Wildman–Crippen MR) is 157 cm³/mol. The second-order valence-electron chi connectivity index (χ2n) is 9.70. The summed E-state index contributed by atoms with van der Waals surface area (Å²) in [6.07, 6.45) is 1.83. The molecule has 1 N–H and O–H groups in total. The number of nitrogens with one attached hydrogen (secondary N) is 1. The van der Waals surface area contributed by atoms with E-state index < -0.39 is 16.1 Å². The van der Waals surface area contributed by atoms with Gasteiger partial charge in [0.25, 0.3) is 0 Å². The molecule has 2 amide bonds. The number of halogens is 3. The van der Waals surface area contributed by atoms with Crippen molar-refractivity contribution in [2.24, 2.45) is 5.92 Å². The SMILES string of the molecule is CC[C@H](C(=O)NCC(C)C)N(Cc1ccc(Cl)c(Cl)c1)C(=O)CCCN(c1cc(Cl)ccc1C)S(C)(=O)=O. The van der Waals surface area contributed by atoms with Gasteiger partial charge in [0.15, 0.2) is 0 Å². The number of sulfonamides is 1. The number of anilines is 1. The van der Waals surface area contributed by atoms with Crippen LogP contribution in [0.5, 0.6) is 0 Å². The summed E-state index contributed by atoms with van der Waals surface area (Å²) in [5.41, 5.74) is 1.95. The van der Waals surface area contributed by atoms with Gasteiger partial charge in [0, 0.05) is 31.1 Å². The van der Waals surface area contributed by atoms with Gasteiger partial charge in [-0.3, -0.25) is 13.9 Å². The zero-order valence-electron chi connectivity index (χ0n) is 22.4. The molecule has 2 rings (SSSR count). The van der Waals surface area contributed by atoms with E-state index in [1.54, 1.807) is 43.3 Å². The molecule has 0 aliphatic rings. The van der Waals surface area contributed by atoms with Crippen molar-refractivity contribution in [1.82, 2.24) is 10.2 Å². The average Bonchev–Trinajstić information content (AvgIpc) is 2.83. The normalized spacial score (nSPS) is 12.3. The van der Waals surface area contributed by atoms with Crippen molar-refractivity contribution in [1.29, 1.82) is 0 Å². The van der Waals surface area contributed by atoms with Crippen LogP contribution < -0.4 is 9.62 Å². The maximum Gasteiger partial charge on any atom is 0.242 e. The van der Waals surface area contributed by atoms with E-state index in [1.165, 1.54) is 9.21 Å². The number of amides is 2. The molecule has 0 spiro atoms. The van der Waals surface area contributed by atoms with E-state index >= 15 is 0 Å². The van der Waals surface area contributed by atoms with Gasteiger partial charge in [-0.1, -0.05) is 67.7 Å². The lowest BCUT2D eigenvalue weighted by atomic mass is 10.1. The number of carbonyl (C=O) groups is 2. The van der Waals surface area contributed by atoms with Gasteiger partial charge in [-0.05, 0) is 61.1 Å². The molecule has 0 aromatic heterocycles. The Labute approximate surface area is 241 Å². The van der Waals surface area contributed by atoms with E-state index in [2.05, 4.69) is 5.32 Å². The Bertz CT molecular complexity index is 1240. The third-order valence-corrected chi connectivity index (χ3v) is 8.15. The van der Waals surface area contributed by atoms with E-state index in [4.69, 9.17) is 34.8 Å². The number of rotatable bonds is 13. The molecular formula is C27H36Cl3N3O4S. The molecule has 0 bridgehead atoms. The van der Waals surface area contributed by atoms with Crippen LogP contribution in [-0.2, 0) is 26.2 Å². The number of hydrogen-bond donors (Lipinski definition) is 1. The van der Waals surface area contributed by atoms with Crippen LogP contribution >= 0.6 is 34.8 Å². The van der Waals surface area contributed by atoms with E-state index in [9.17, 15) is 18.0 Å². The van der Waals surface area contributed by atoms with Crippen LogP contribution in [0.3, 0.4) is 0 Å². The Morgan fingerprint density at radius 2 is 1.71 bits per heavy atom. The fourth-order valence-corrected chi connectivity index (χ4v) is 5.51. The minimum absolute atomic E-state index is 0.0426. The molecule has 11 heteroatoms. The maximum atomic E-state index is 13.5.